The van der Waals surface area contributed by atoms with Crippen molar-refractivity contribution in [3.63, 3.8) is 0 Å². The van der Waals surface area contributed by atoms with Gasteiger partial charge in [0.15, 0.2) is 0 Å². The van der Waals surface area contributed by atoms with Crippen LogP contribution in [-0.4, -0.2) is 55.1 Å². The number of nitrogens with one attached hydrogen (secondary N) is 2. The molecule has 0 radical (unpaired) electrons. The molecule has 7 heteroatoms. The number of aryl methyl sites for hydroxylation is 1. The maximum atomic E-state index is 12.4. The summed E-state index contributed by atoms with van der Waals surface area (Å²) in [6.45, 7) is 3.57. The number of carbonyl (C=O) groups is 1. The van der Waals surface area contributed by atoms with Crippen LogP contribution in [0.5, 0.6) is 5.75 Å². The third-order valence-corrected chi connectivity index (χ3v) is 3.50. The first-order chi connectivity index (χ1) is 12.0. The van der Waals surface area contributed by atoms with Gasteiger partial charge in [-0.3, -0.25) is 4.79 Å². The van der Waals surface area contributed by atoms with Gasteiger partial charge in [-0.1, -0.05) is 0 Å². The molecular formula is C18H25N5O2. The van der Waals surface area contributed by atoms with Gasteiger partial charge in [0.2, 0.25) is 5.95 Å². The molecule has 2 N–H and O–H groups in total. The minimum absolute atomic E-state index is 0.271. The van der Waals surface area contributed by atoms with Gasteiger partial charge in [-0.15, -0.1) is 0 Å². The molecule has 1 aromatic carbocycles. The van der Waals surface area contributed by atoms with Crippen LogP contribution in [0.4, 0.5) is 11.6 Å². The maximum absolute atomic E-state index is 12.4. The predicted octanol–water partition coefficient (Wildman–Crippen LogP) is 2.41. The lowest BCUT2D eigenvalue weighted by Crippen LogP contribution is -2.18. The van der Waals surface area contributed by atoms with Crippen LogP contribution in [0.1, 0.15) is 22.6 Å². The normalized spacial score (nSPS) is 10.6. The average Bonchev–Trinajstić information content (AvgIpc) is 2.59. The fraction of sp³-hybridized carbons (Fsp3) is 0.389. The fourth-order valence-corrected chi connectivity index (χ4v) is 2.23. The third-order valence-electron chi connectivity index (χ3n) is 3.50. The SMILES string of the molecule is COc1ccc(NC(=O)c2cc(C)nc(NCCCN(C)C)n2)cc1. The monoisotopic (exact) mass is 343 g/mol. The molecular weight excluding hydrogens is 318 g/mol. The van der Waals surface area contributed by atoms with Crippen molar-refractivity contribution in [2.45, 2.75) is 13.3 Å². The third kappa shape index (κ3) is 6.04. The summed E-state index contributed by atoms with van der Waals surface area (Å²) in [5.74, 6) is 0.936. The molecule has 0 aliphatic rings. The number of amides is 1. The summed E-state index contributed by atoms with van der Waals surface area (Å²) in [7, 11) is 5.67. The number of ether oxygens (including phenoxy) is 1. The van der Waals surface area contributed by atoms with Crippen molar-refractivity contribution in [3.05, 3.63) is 41.7 Å². The Morgan fingerprint density at radius 2 is 1.92 bits per heavy atom. The topological polar surface area (TPSA) is 79.4 Å². The minimum atomic E-state index is -0.271. The van der Waals surface area contributed by atoms with E-state index in [1.165, 1.54) is 0 Å². The van der Waals surface area contributed by atoms with E-state index in [2.05, 4.69) is 25.5 Å². The van der Waals surface area contributed by atoms with E-state index in [0.29, 0.717) is 17.3 Å². The van der Waals surface area contributed by atoms with Gasteiger partial charge in [0.05, 0.1) is 7.11 Å². The molecule has 0 saturated carbocycles. The highest BCUT2D eigenvalue weighted by molar-refractivity contribution is 6.03. The number of nitrogens with zero attached hydrogens (tertiary/aromatic N) is 3. The first kappa shape index (κ1) is 18.7. The van der Waals surface area contributed by atoms with Crippen molar-refractivity contribution < 1.29 is 9.53 Å². The molecule has 1 amide bonds. The van der Waals surface area contributed by atoms with Crippen LogP contribution < -0.4 is 15.4 Å². The molecule has 0 saturated heterocycles. The second-order valence-corrected chi connectivity index (χ2v) is 5.98. The van der Waals surface area contributed by atoms with Gasteiger partial charge in [0.1, 0.15) is 11.4 Å². The fourth-order valence-electron chi connectivity index (χ4n) is 2.23. The summed E-state index contributed by atoms with van der Waals surface area (Å²) in [5, 5.41) is 6.00. The number of benzene rings is 1. The average molecular weight is 343 g/mol. The van der Waals surface area contributed by atoms with Crippen LogP contribution in [0.3, 0.4) is 0 Å². The van der Waals surface area contributed by atoms with E-state index in [9.17, 15) is 4.79 Å². The van der Waals surface area contributed by atoms with E-state index < -0.39 is 0 Å². The summed E-state index contributed by atoms with van der Waals surface area (Å²) in [6.07, 6.45) is 0.970. The Hall–Kier alpha value is -2.67. The molecule has 0 aliphatic heterocycles. The Morgan fingerprint density at radius 3 is 2.56 bits per heavy atom. The van der Waals surface area contributed by atoms with Crippen molar-refractivity contribution in [1.29, 1.82) is 0 Å². The smallest absolute Gasteiger partial charge is 0.274 e. The summed E-state index contributed by atoms with van der Waals surface area (Å²) < 4.78 is 5.11. The summed E-state index contributed by atoms with van der Waals surface area (Å²) in [4.78, 5) is 23.2. The molecule has 1 aromatic heterocycles. The molecule has 1 heterocycles. The van der Waals surface area contributed by atoms with Crippen LogP contribution in [0.25, 0.3) is 0 Å². The highest BCUT2D eigenvalue weighted by Gasteiger charge is 2.11. The first-order valence-corrected chi connectivity index (χ1v) is 8.17. The zero-order chi connectivity index (χ0) is 18.2. The number of methoxy groups -OCH3 is 1. The van der Waals surface area contributed by atoms with Crippen LogP contribution in [0.15, 0.2) is 30.3 Å². The van der Waals surface area contributed by atoms with Crippen molar-refractivity contribution in [2.75, 3.05) is 44.9 Å². The van der Waals surface area contributed by atoms with E-state index in [-0.39, 0.29) is 5.91 Å². The van der Waals surface area contributed by atoms with Gasteiger partial charge in [0.25, 0.3) is 5.91 Å². The van der Waals surface area contributed by atoms with E-state index in [1.54, 1.807) is 37.4 Å². The van der Waals surface area contributed by atoms with Crippen molar-refractivity contribution in [2.24, 2.45) is 0 Å². The predicted molar refractivity (Wildman–Crippen MR) is 99.4 cm³/mol. The van der Waals surface area contributed by atoms with Gasteiger partial charge in [-0.25, -0.2) is 9.97 Å². The molecule has 0 bridgehead atoms. The van der Waals surface area contributed by atoms with Crippen LogP contribution in [0, 0.1) is 6.92 Å². The largest absolute Gasteiger partial charge is 0.497 e. The van der Waals surface area contributed by atoms with E-state index >= 15 is 0 Å². The zero-order valence-corrected chi connectivity index (χ0v) is 15.2. The number of anilines is 2. The summed E-state index contributed by atoms with van der Waals surface area (Å²) in [5.41, 5.74) is 1.76. The van der Waals surface area contributed by atoms with Crippen LogP contribution in [-0.2, 0) is 0 Å². The first-order valence-electron chi connectivity index (χ1n) is 8.17. The number of hydrogen-bond acceptors (Lipinski definition) is 6. The number of carbonyl (C=O) groups excluding carboxylic acids is 1. The van der Waals surface area contributed by atoms with Crippen LogP contribution >= 0.6 is 0 Å². The summed E-state index contributed by atoms with van der Waals surface area (Å²) in [6, 6.07) is 8.82. The molecule has 0 aliphatic carbocycles. The Morgan fingerprint density at radius 1 is 1.20 bits per heavy atom. The molecule has 0 unspecified atom stereocenters. The Kier molecular flexibility index (Phi) is 6.71. The second-order valence-electron chi connectivity index (χ2n) is 5.98. The standard InChI is InChI=1S/C18H25N5O2/c1-13-12-16(22-18(20-13)19-10-5-11-23(2)3)17(24)21-14-6-8-15(25-4)9-7-14/h6-9,12H,5,10-11H2,1-4H3,(H,21,24)(H,19,20,22). The molecule has 0 fully saturated rings. The molecule has 134 valence electrons. The van der Waals surface area contributed by atoms with Gasteiger partial charge in [-0.2, -0.15) is 0 Å². The molecule has 25 heavy (non-hydrogen) atoms. The zero-order valence-electron chi connectivity index (χ0n) is 15.2. The lowest BCUT2D eigenvalue weighted by atomic mass is 10.2. The molecule has 0 atom stereocenters. The van der Waals surface area contributed by atoms with Gasteiger partial charge < -0.3 is 20.3 Å². The van der Waals surface area contributed by atoms with Crippen molar-refractivity contribution in [3.8, 4) is 5.75 Å². The Labute approximate surface area is 148 Å². The lowest BCUT2D eigenvalue weighted by molar-refractivity contribution is 0.102. The maximum Gasteiger partial charge on any atom is 0.274 e. The second kappa shape index (κ2) is 8.98. The van der Waals surface area contributed by atoms with Gasteiger partial charge in [0, 0.05) is 17.9 Å². The molecule has 2 rings (SSSR count). The van der Waals surface area contributed by atoms with E-state index in [4.69, 9.17) is 4.74 Å². The van der Waals surface area contributed by atoms with Crippen molar-refractivity contribution >= 4 is 17.5 Å². The summed E-state index contributed by atoms with van der Waals surface area (Å²) >= 11 is 0. The quantitative estimate of drug-likeness (QED) is 0.717. The molecule has 2 aromatic rings. The highest BCUT2D eigenvalue weighted by Crippen LogP contribution is 2.16. The van der Waals surface area contributed by atoms with E-state index in [0.717, 1.165) is 31.0 Å². The van der Waals surface area contributed by atoms with Crippen LogP contribution in [0.2, 0.25) is 0 Å². The number of aromatic nitrogens is 2. The van der Waals surface area contributed by atoms with E-state index in [1.807, 2.05) is 21.0 Å². The molecule has 0 spiro atoms. The van der Waals surface area contributed by atoms with Crippen molar-refractivity contribution in [1.82, 2.24) is 14.9 Å². The lowest BCUT2D eigenvalue weighted by Gasteiger charge is -2.11. The Balaban J connectivity index is 2.00. The molecule has 7 nitrogen and oxygen atoms in total. The highest BCUT2D eigenvalue weighted by atomic mass is 16.5. The minimum Gasteiger partial charge on any atom is -0.497 e. The number of hydrogen-bond donors (Lipinski definition) is 2. The Bertz CT molecular complexity index is 701. The number of rotatable bonds is 8. The van der Waals surface area contributed by atoms with Gasteiger partial charge >= 0.3 is 0 Å². The van der Waals surface area contributed by atoms with Gasteiger partial charge in [-0.05, 0) is 64.3 Å².